The van der Waals surface area contributed by atoms with E-state index in [1.807, 2.05) is 16.7 Å². The summed E-state index contributed by atoms with van der Waals surface area (Å²) in [6.45, 7) is 0. The number of hydrogen-bond donors (Lipinski definition) is 5. The van der Waals surface area contributed by atoms with Gasteiger partial charge >= 0.3 is 0 Å². The molecule has 9 heteroatoms. The van der Waals surface area contributed by atoms with E-state index in [0.717, 1.165) is 11.3 Å². The smallest absolute Gasteiger partial charge is 0.150 e. The zero-order chi connectivity index (χ0) is 17.8. The molecule has 126 valence electrons. The molecular formula is C16H16N8O. The third kappa shape index (κ3) is 3.46. The van der Waals surface area contributed by atoms with Gasteiger partial charge in [-0.3, -0.25) is 21.5 Å². The zero-order valence-electron chi connectivity index (χ0n) is 13.1. The van der Waals surface area contributed by atoms with Gasteiger partial charge in [-0.15, -0.1) is 0 Å². The number of rotatable bonds is 2. The summed E-state index contributed by atoms with van der Waals surface area (Å²) in [7, 11) is 0. The molecular weight excluding hydrogens is 320 g/mol. The number of fused-ring (bicyclic) bond motifs is 2. The zero-order valence-corrected chi connectivity index (χ0v) is 13.1. The fourth-order valence-electron chi connectivity index (χ4n) is 2.21. The van der Waals surface area contributed by atoms with E-state index >= 15 is 0 Å². The van der Waals surface area contributed by atoms with E-state index in [-0.39, 0.29) is 11.7 Å². The van der Waals surface area contributed by atoms with Crippen LogP contribution >= 0.6 is 0 Å². The van der Waals surface area contributed by atoms with Crippen molar-refractivity contribution >= 4 is 23.0 Å². The van der Waals surface area contributed by atoms with Crippen molar-refractivity contribution < 1.29 is 5.21 Å². The molecule has 0 bridgehead atoms. The van der Waals surface area contributed by atoms with Crippen molar-refractivity contribution in [2.45, 2.75) is 0 Å². The molecule has 0 fully saturated rings. The second-order valence-electron chi connectivity index (χ2n) is 5.12. The third-order valence-electron chi connectivity index (χ3n) is 3.49. The van der Waals surface area contributed by atoms with Crippen LogP contribution in [0.25, 0.3) is 11.3 Å². The number of nitrogens with one attached hydrogen (secondary N) is 3. The number of nitrogen functional groups attached to an aromatic ring is 1. The third-order valence-corrected chi connectivity index (χ3v) is 3.49. The molecule has 0 unspecified atom stereocenters. The van der Waals surface area contributed by atoms with Gasteiger partial charge in [0, 0.05) is 48.3 Å². The van der Waals surface area contributed by atoms with Crippen LogP contribution < -0.4 is 11.2 Å². The van der Waals surface area contributed by atoms with E-state index in [1.165, 1.54) is 0 Å². The highest BCUT2D eigenvalue weighted by molar-refractivity contribution is 5.95. The minimum absolute atomic E-state index is 0.0319. The predicted octanol–water partition coefficient (Wildman–Crippen LogP) is 1.26. The van der Waals surface area contributed by atoms with Crippen LogP contribution in [0.2, 0.25) is 0 Å². The van der Waals surface area contributed by atoms with Gasteiger partial charge in [-0.1, -0.05) is 0 Å². The Bertz CT molecular complexity index is 1050. The molecule has 0 amide bonds. The molecule has 0 saturated carbocycles. The predicted molar refractivity (Wildman–Crippen MR) is 93.2 cm³/mol. The average Bonchev–Trinajstić information content (AvgIpc) is 3.28. The van der Waals surface area contributed by atoms with Gasteiger partial charge < -0.3 is 14.5 Å². The van der Waals surface area contributed by atoms with Crippen molar-refractivity contribution in [1.29, 1.82) is 10.8 Å². The number of imidazole rings is 2. The summed E-state index contributed by atoms with van der Waals surface area (Å²) in [6.07, 6.45) is 10.5. The maximum atomic E-state index is 8.51. The molecule has 4 aromatic rings. The number of hydroxylamine groups is 1. The second-order valence-corrected chi connectivity index (χ2v) is 5.12. The first-order valence-electron chi connectivity index (χ1n) is 7.27. The summed E-state index contributed by atoms with van der Waals surface area (Å²) in [4.78, 5) is 8.13. The first kappa shape index (κ1) is 16.1. The fourth-order valence-corrected chi connectivity index (χ4v) is 2.21. The van der Waals surface area contributed by atoms with E-state index in [1.54, 1.807) is 59.1 Å². The van der Waals surface area contributed by atoms with E-state index < -0.39 is 0 Å². The minimum atomic E-state index is -0.0319. The Kier molecular flexibility index (Phi) is 4.40. The van der Waals surface area contributed by atoms with Gasteiger partial charge in [0.15, 0.2) is 5.84 Å². The Morgan fingerprint density at radius 1 is 0.920 bits per heavy atom. The van der Waals surface area contributed by atoms with Gasteiger partial charge in [0.2, 0.25) is 0 Å². The normalized spacial score (nSPS) is 10.3. The van der Waals surface area contributed by atoms with Crippen LogP contribution in [0.5, 0.6) is 0 Å². The monoisotopic (exact) mass is 336 g/mol. The Morgan fingerprint density at radius 2 is 1.44 bits per heavy atom. The van der Waals surface area contributed by atoms with Crippen molar-refractivity contribution in [2.24, 2.45) is 5.73 Å². The average molecular weight is 336 g/mol. The lowest BCUT2D eigenvalue weighted by Gasteiger charge is -2.01. The molecule has 9 nitrogen and oxygen atoms in total. The lowest BCUT2D eigenvalue weighted by Crippen LogP contribution is -2.18. The number of aromatic nitrogens is 4. The largest absolute Gasteiger partial charge is 0.384 e. The highest BCUT2D eigenvalue weighted by Gasteiger charge is 2.00. The van der Waals surface area contributed by atoms with E-state index in [4.69, 9.17) is 21.8 Å². The maximum absolute atomic E-state index is 8.51. The molecule has 0 aliphatic rings. The summed E-state index contributed by atoms with van der Waals surface area (Å²) in [5.74, 6) is 0.0428. The summed E-state index contributed by atoms with van der Waals surface area (Å²) < 4.78 is 3.61. The first-order chi connectivity index (χ1) is 12.1. The van der Waals surface area contributed by atoms with Crippen molar-refractivity contribution in [3.63, 3.8) is 0 Å². The van der Waals surface area contributed by atoms with Gasteiger partial charge in [0.05, 0.1) is 0 Å². The van der Waals surface area contributed by atoms with Gasteiger partial charge in [-0.25, -0.2) is 9.97 Å². The second kappa shape index (κ2) is 6.81. The van der Waals surface area contributed by atoms with Crippen LogP contribution in [0.3, 0.4) is 0 Å². The van der Waals surface area contributed by atoms with Crippen LogP contribution in [-0.4, -0.2) is 35.6 Å². The SMILES string of the molecule is N=C(N)c1ccc2nccn2c1.N=C(NO)c1ccc2nccn2c1. The standard InChI is InChI=1S/C8H8N4O.C8H8N4/c9-8(11-13)6-1-2-7-10-3-4-12(7)5-6;9-8(10)6-1-2-7-11-3-4-12(7)5-6/h1-5,13H,(H2,9,11);1-5H,(H3,9,10). The number of nitrogens with zero attached hydrogens (tertiary/aromatic N) is 4. The molecule has 0 aliphatic carbocycles. The summed E-state index contributed by atoms with van der Waals surface area (Å²) in [5.41, 5.74) is 10.1. The van der Waals surface area contributed by atoms with Crippen LogP contribution in [0.15, 0.2) is 61.4 Å². The molecule has 4 heterocycles. The van der Waals surface area contributed by atoms with E-state index in [9.17, 15) is 0 Å². The molecule has 0 saturated heterocycles. The Labute approximate surface area is 142 Å². The maximum Gasteiger partial charge on any atom is 0.150 e. The summed E-state index contributed by atoms with van der Waals surface area (Å²) in [5, 5.41) is 23.0. The molecule has 25 heavy (non-hydrogen) atoms. The first-order valence-corrected chi connectivity index (χ1v) is 7.27. The minimum Gasteiger partial charge on any atom is -0.384 e. The van der Waals surface area contributed by atoms with E-state index in [0.29, 0.717) is 11.1 Å². The Morgan fingerprint density at radius 3 is 1.96 bits per heavy atom. The lowest BCUT2D eigenvalue weighted by molar-refractivity contribution is 0.234. The molecule has 6 N–H and O–H groups in total. The lowest BCUT2D eigenvalue weighted by atomic mass is 10.2. The van der Waals surface area contributed by atoms with Crippen LogP contribution in [0.1, 0.15) is 11.1 Å². The van der Waals surface area contributed by atoms with Crippen molar-refractivity contribution in [1.82, 2.24) is 24.2 Å². The van der Waals surface area contributed by atoms with Crippen molar-refractivity contribution in [3.05, 3.63) is 72.6 Å². The molecule has 0 radical (unpaired) electrons. The van der Waals surface area contributed by atoms with Crippen molar-refractivity contribution in [3.8, 4) is 0 Å². The van der Waals surface area contributed by atoms with Gasteiger partial charge in [0.1, 0.15) is 17.1 Å². The molecule has 0 spiro atoms. The quantitative estimate of drug-likeness (QED) is 0.213. The van der Waals surface area contributed by atoms with Crippen LogP contribution in [-0.2, 0) is 0 Å². The fraction of sp³-hybridized carbons (Fsp3) is 0. The van der Waals surface area contributed by atoms with Crippen molar-refractivity contribution in [2.75, 3.05) is 0 Å². The van der Waals surface area contributed by atoms with Gasteiger partial charge in [-0.2, -0.15) is 0 Å². The van der Waals surface area contributed by atoms with Gasteiger partial charge in [-0.05, 0) is 24.3 Å². The number of pyridine rings is 2. The molecule has 0 aromatic carbocycles. The summed E-state index contributed by atoms with van der Waals surface area (Å²) in [6, 6.07) is 7.11. The van der Waals surface area contributed by atoms with Gasteiger partial charge in [0.25, 0.3) is 0 Å². The molecule has 0 atom stereocenters. The summed E-state index contributed by atoms with van der Waals surface area (Å²) >= 11 is 0. The topological polar surface area (TPSA) is 141 Å². The number of amidine groups is 2. The number of hydrogen-bond acceptors (Lipinski definition) is 5. The molecule has 4 rings (SSSR count). The highest BCUT2D eigenvalue weighted by atomic mass is 16.5. The highest BCUT2D eigenvalue weighted by Crippen LogP contribution is 2.04. The molecule has 0 aliphatic heterocycles. The number of nitrogens with two attached hydrogens (primary N) is 1. The molecule has 4 aromatic heterocycles. The Balaban J connectivity index is 0.000000146. The van der Waals surface area contributed by atoms with Crippen LogP contribution in [0.4, 0.5) is 0 Å². The van der Waals surface area contributed by atoms with Crippen LogP contribution in [0, 0.1) is 10.8 Å². The van der Waals surface area contributed by atoms with E-state index in [2.05, 4.69) is 9.97 Å². The Hall–Kier alpha value is -3.72.